The Morgan fingerprint density at radius 1 is 1.32 bits per heavy atom. The molecule has 2 N–H and O–H groups in total. The monoisotopic (exact) mass is 296 g/mol. The number of hydrogen-bond donors (Lipinski definition) is 3. The summed E-state index contributed by atoms with van der Waals surface area (Å²) in [5.74, 6) is -5.80. The van der Waals surface area contributed by atoms with Crippen LogP contribution in [0.25, 0.3) is 0 Å². The van der Waals surface area contributed by atoms with Crippen molar-refractivity contribution in [2.75, 3.05) is 0 Å². The molecule has 1 fully saturated rings. The van der Waals surface area contributed by atoms with Crippen LogP contribution >= 0.6 is 12.6 Å². The van der Waals surface area contributed by atoms with Gasteiger partial charge in [-0.2, -0.15) is 4.89 Å². The van der Waals surface area contributed by atoms with E-state index in [0.29, 0.717) is 0 Å². The molecule has 1 rings (SSSR count). The number of carboxylic acid groups (broad SMARTS) is 1. The van der Waals surface area contributed by atoms with Crippen LogP contribution in [0.1, 0.15) is 12.8 Å². The first kappa shape index (κ1) is 15.2. The SMILES string of the molecule is O=C(O)CC1(O)CC(=O)OOC(=O)C(S)OOC1=O. The molecule has 1 saturated heterocycles. The van der Waals surface area contributed by atoms with Gasteiger partial charge in [-0.15, -0.1) is 12.6 Å². The van der Waals surface area contributed by atoms with E-state index >= 15 is 0 Å². The molecular formula is C8H8O10S. The quantitative estimate of drug-likeness (QED) is 0.399. The number of rotatable bonds is 2. The summed E-state index contributed by atoms with van der Waals surface area (Å²) in [5.41, 5.74) is -4.45. The topological polar surface area (TPSA) is 146 Å². The molecule has 0 aliphatic carbocycles. The van der Waals surface area contributed by atoms with Crippen LogP contribution in [-0.4, -0.2) is 45.1 Å². The lowest BCUT2D eigenvalue weighted by molar-refractivity contribution is -0.313. The molecule has 19 heavy (non-hydrogen) atoms. The van der Waals surface area contributed by atoms with E-state index in [1.165, 1.54) is 0 Å². The smallest absolute Gasteiger partial charge is 0.398 e. The van der Waals surface area contributed by atoms with Crippen LogP contribution in [0.3, 0.4) is 0 Å². The third kappa shape index (κ3) is 4.08. The Morgan fingerprint density at radius 2 is 1.95 bits per heavy atom. The number of hydrogen-bond acceptors (Lipinski definition) is 10. The van der Waals surface area contributed by atoms with Crippen molar-refractivity contribution in [1.82, 2.24) is 0 Å². The van der Waals surface area contributed by atoms with Gasteiger partial charge >= 0.3 is 23.9 Å². The van der Waals surface area contributed by atoms with E-state index in [9.17, 15) is 24.3 Å². The minimum absolute atomic E-state index is 1.11. The van der Waals surface area contributed by atoms with Crippen molar-refractivity contribution in [2.45, 2.75) is 23.9 Å². The summed E-state index contributed by atoms with van der Waals surface area (Å²) in [6.07, 6.45) is -2.25. The fraction of sp³-hybridized carbons (Fsp3) is 0.500. The number of carboxylic acids is 1. The molecule has 1 heterocycles. The van der Waals surface area contributed by atoms with Crippen molar-refractivity contribution in [3.8, 4) is 0 Å². The number of aliphatic hydroxyl groups is 1. The number of aliphatic carboxylic acids is 1. The third-order valence-electron chi connectivity index (χ3n) is 1.89. The van der Waals surface area contributed by atoms with Gasteiger partial charge < -0.3 is 10.2 Å². The highest BCUT2D eigenvalue weighted by atomic mass is 32.1. The van der Waals surface area contributed by atoms with Crippen molar-refractivity contribution in [1.29, 1.82) is 0 Å². The average Bonchev–Trinajstić information content (AvgIpc) is 2.30. The van der Waals surface area contributed by atoms with Crippen LogP contribution in [0.2, 0.25) is 0 Å². The van der Waals surface area contributed by atoms with Gasteiger partial charge in [-0.05, 0) is 0 Å². The maximum atomic E-state index is 11.4. The van der Waals surface area contributed by atoms with Gasteiger partial charge in [-0.3, -0.25) is 9.68 Å². The summed E-state index contributed by atoms with van der Waals surface area (Å²) in [4.78, 5) is 60.2. The first-order valence-electron chi connectivity index (χ1n) is 4.66. The minimum atomic E-state index is -2.72. The Morgan fingerprint density at radius 3 is 2.53 bits per heavy atom. The standard InChI is InChI=1S/C8H8O10S/c9-3(10)1-8(14)2-4(11)15-16-5(12)6(19)17-18-7(8)13/h6,14,19H,1-2H2,(H,9,10). The van der Waals surface area contributed by atoms with Crippen LogP contribution in [0.15, 0.2) is 0 Å². The molecule has 0 saturated carbocycles. The number of carbonyl (C=O) groups excluding carboxylic acids is 3. The Kier molecular flexibility index (Phi) is 4.69. The summed E-state index contributed by atoms with van der Waals surface area (Å²) < 4.78 is 0. The van der Waals surface area contributed by atoms with Gasteiger partial charge in [0.05, 0.1) is 12.8 Å². The fourth-order valence-electron chi connectivity index (χ4n) is 1.06. The molecule has 0 amide bonds. The van der Waals surface area contributed by atoms with Gasteiger partial charge in [0.25, 0.3) is 0 Å². The molecule has 0 aromatic heterocycles. The van der Waals surface area contributed by atoms with Crippen molar-refractivity contribution < 1.29 is 48.9 Å². The maximum absolute atomic E-state index is 11.4. The zero-order chi connectivity index (χ0) is 14.6. The Balaban J connectivity index is 2.92. The maximum Gasteiger partial charge on any atom is 0.398 e. The molecule has 0 aromatic rings. The van der Waals surface area contributed by atoms with E-state index in [1.807, 2.05) is 0 Å². The predicted octanol–water partition coefficient (Wildman–Crippen LogP) is -1.67. The first-order chi connectivity index (χ1) is 8.74. The largest absolute Gasteiger partial charge is 0.481 e. The summed E-state index contributed by atoms with van der Waals surface area (Å²) in [7, 11) is 0. The van der Waals surface area contributed by atoms with Crippen molar-refractivity contribution >= 4 is 36.5 Å². The van der Waals surface area contributed by atoms with Gasteiger partial charge in [0.15, 0.2) is 5.60 Å². The minimum Gasteiger partial charge on any atom is -0.481 e. The zero-order valence-electron chi connectivity index (χ0n) is 9.10. The highest BCUT2D eigenvalue weighted by Crippen LogP contribution is 2.21. The lowest BCUT2D eigenvalue weighted by Crippen LogP contribution is -2.46. The molecular weight excluding hydrogens is 288 g/mol. The third-order valence-corrected chi connectivity index (χ3v) is 2.19. The van der Waals surface area contributed by atoms with Gasteiger partial charge in [0.1, 0.15) is 0 Å². The molecule has 0 bridgehead atoms. The van der Waals surface area contributed by atoms with Gasteiger partial charge in [-0.25, -0.2) is 24.2 Å². The van der Waals surface area contributed by atoms with Crippen LogP contribution < -0.4 is 0 Å². The molecule has 0 spiro atoms. The second kappa shape index (κ2) is 5.86. The summed E-state index contributed by atoms with van der Waals surface area (Å²) >= 11 is 3.49. The van der Waals surface area contributed by atoms with Crippen LogP contribution in [0.5, 0.6) is 0 Å². The molecule has 1 aliphatic heterocycles. The average molecular weight is 296 g/mol. The van der Waals surface area contributed by atoms with Crippen molar-refractivity contribution in [3.05, 3.63) is 0 Å². The molecule has 0 radical (unpaired) electrons. The summed E-state index contributed by atoms with van der Waals surface area (Å²) in [6.45, 7) is 0. The molecule has 0 aromatic carbocycles. The summed E-state index contributed by atoms with van der Waals surface area (Å²) in [5, 5.41) is 18.3. The fourth-order valence-corrected chi connectivity index (χ4v) is 1.15. The van der Waals surface area contributed by atoms with Crippen LogP contribution in [0, 0.1) is 0 Å². The Labute approximate surface area is 110 Å². The Bertz CT molecular complexity index is 420. The van der Waals surface area contributed by atoms with Crippen LogP contribution in [-0.2, 0) is 38.7 Å². The van der Waals surface area contributed by atoms with E-state index < -0.39 is 47.8 Å². The zero-order valence-corrected chi connectivity index (χ0v) is 9.99. The Hall–Kier alpha value is -1.85. The molecule has 2 unspecified atom stereocenters. The second-order valence-electron chi connectivity index (χ2n) is 3.46. The van der Waals surface area contributed by atoms with E-state index in [4.69, 9.17) is 5.11 Å². The molecule has 1 aliphatic rings. The lowest BCUT2D eigenvalue weighted by atomic mass is 9.96. The van der Waals surface area contributed by atoms with Gasteiger partial charge in [0, 0.05) is 0 Å². The first-order valence-corrected chi connectivity index (χ1v) is 5.17. The van der Waals surface area contributed by atoms with E-state index in [1.54, 1.807) is 0 Å². The predicted molar refractivity (Wildman–Crippen MR) is 54.0 cm³/mol. The number of thiol groups is 1. The summed E-state index contributed by atoms with van der Waals surface area (Å²) in [6, 6.07) is 0. The molecule has 106 valence electrons. The van der Waals surface area contributed by atoms with Crippen LogP contribution in [0.4, 0.5) is 0 Å². The van der Waals surface area contributed by atoms with Gasteiger partial charge in [-0.1, -0.05) is 0 Å². The van der Waals surface area contributed by atoms with Crippen molar-refractivity contribution in [3.63, 3.8) is 0 Å². The van der Waals surface area contributed by atoms with E-state index in [0.717, 1.165) is 0 Å². The molecule has 11 heteroatoms. The molecule has 2 atom stereocenters. The van der Waals surface area contributed by atoms with E-state index in [-0.39, 0.29) is 0 Å². The lowest BCUT2D eigenvalue weighted by Gasteiger charge is -2.23. The highest BCUT2D eigenvalue weighted by molar-refractivity contribution is 7.81. The number of carbonyl (C=O) groups is 4. The van der Waals surface area contributed by atoms with Gasteiger partial charge in [0.2, 0.25) is 5.44 Å². The molecule has 10 nitrogen and oxygen atoms in total. The second-order valence-corrected chi connectivity index (χ2v) is 3.92. The normalized spacial score (nSPS) is 28.9. The van der Waals surface area contributed by atoms with E-state index in [2.05, 4.69) is 32.2 Å². The van der Waals surface area contributed by atoms with Crippen molar-refractivity contribution in [2.24, 2.45) is 0 Å². The highest BCUT2D eigenvalue weighted by Gasteiger charge is 2.45.